The summed E-state index contributed by atoms with van der Waals surface area (Å²) in [6.45, 7) is 0.372. The maximum atomic E-state index is 12.6. The van der Waals surface area contributed by atoms with Crippen LogP contribution >= 0.6 is 11.3 Å². The quantitative estimate of drug-likeness (QED) is 0.669. The highest BCUT2D eigenvalue weighted by atomic mass is 32.2. The summed E-state index contributed by atoms with van der Waals surface area (Å²) in [6.07, 6.45) is 2.85. The van der Waals surface area contributed by atoms with Gasteiger partial charge in [-0.05, 0) is 12.1 Å². The summed E-state index contributed by atoms with van der Waals surface area (Å²) in [5.41, 5.74) is 1.12. The maximum absolute atomic E-state index is 12.6. The van der Waals surface area contributed by atoms with E-state index in [1.54, 1.807) is 12.1 Å². The van der Waals surface area contributed by atoms with Crippen LogP contribution in [0, 0.1) is 0 Å². The van der Waals surface area contributed by atoms with Crippen molar-refractivity contribution in [2.24, 2.45) is 0 Å². The third-order valence-corrected chi connectivity index (χ3v) is 7.02. The molecule has 2 N–H and O–H groups in total. The second-order valence-corrected chi connectivity index (χ2v) is 9.46. The van der Waals surface area contributed by atoms with Crippen LogP contribution < -0.4 is 0 Å². The van der Waals surface area contributed by atoms with E-state index >= 15 is 0 Å². The number of aromatic carboxylic acids is 1. The first-order valence-electron chi connectivity index (χ1n) is 8.01. The van der Waals surface area contributed by atoms with Gasteiger partial charge in [-0.2, -0.15) is 0 Å². The van der Waals surface area contributed by atoms with E-state index in [1.807, 2.05) is 0 Å². The van der Waals surface area contributed by atoms with Gasteiger partial charge in [-0.1, -0.05) is 0 Å². The Morgan fingerprint density at radius 1 is 1.22 bits per heavy atom. The molecular weight excluding hydrogens is 392 g/mol. The molecule has 1 amide bonds. The molecule has 4 rings (SSSR count). The number of nitrogens with one attached hydrogen (secondary N) is 1. The number of carbonyl (C=O) groups is 2. The van der Waals surface area contributed by atoms with Crippen molar-refractivity contribution in [3.05, 3.63) is 35.0 Å². The molecule has 140 valence electrons. The number of aromatic amines is 1. The van der Waals surface area contributed by atoms with Crippen LogP contribution in [0.15, 0.2) is 24.5 Å². The number of carboxylic acids is 1. The number of carbonyl (C=O) groups excluding carboxylic acids is 1. The molecule has 0 aromatic carbocycles. The van der Waals surface area contributed by atoms with Crippen molar-refractivity contribution in [3.8, 4) is 10.6 Å². The fraction of sp³-hybridized carbons (Fsp3) is 0.250. The monoisotopic (exact) mass is 406 g/mol. The van der Waals surface area contributed by atoms with Gasteiger partial charge in [0, 0.05) is 19.3 Å². The number of amides is 1. The van der Waals surface area contributed by atoms with Gasteiger partial charge in [-0.15, -0.1) is 11.3 Å². The number of nitrogens with zero attached hydrogens (tertiary/aromatic N) is 3. The molecular formula is C16H14N4O5S2. The highest BCUT2D eigenvalue weighted by Crippen LogP contribution is 2.29. The molecule has 0 unspecified atom stereocenters. The van der Waals surface area contributed by atoms with E-state index in [9.17, 15) is 23.1 Å². The van der Waals surface area contributed by atoms with E-state index in [4.69, 9.17) is 0 Å². The number of sulfone groups is 1. The predicted molar refractivity (Wildman–Crippen MR) is 98.7 cm³/mol. The van der Waals surface area contributed by atoms with E-state index in [1.165, 1.54) is 28.6 Å². The Hall–Kier alpha value is -2.79. The normalized spacial score (nSPS) is 16.5. The first kappa shape index (κ1) is 17.6. The van der Waals surface area contributed by atoms with Crippen LogP contribution in [0.1, 0.15) is 20.0 Å². The van der Waals surface area contributed by atoms with Gasteiger partial charge < -0.3 is 15.0 Å². The smallest absolute Gasteiger partial charge is 0.339 e. The van der Waals surface area contributed by atoms with Crippen molar-refractivity contribution in [2.45, 2.75) is 0 Å². The number of thiophene rings is 1. The average Bonchev–Trinajstić information content (AvgIpc) is 3.27. The lowest BCUT2D eigenvalue weighted by atomic mass is 10.3. The van der Waals surface area contributed by atoms with E-state index in [0.717, 1.165) is 0 Å². The summed E-state index contributed by atoms with van der Waals surface area (Å²) in [5.74, 6) is -1.37. The summed E-state index contributed by atoms with van der Waals surface area (Å²) < 4.78 is 23.0. The Morgan fingerprint density at radius 3 is 2.67 bits per heavy atom. The van der Waals surface area contributed by atoms with Gasteiger partial charge in [0.25, 0.3) is 5.91 Å². The minimum Gasteiger partial charge on any atom is -0.478 e. The SMILES string of the molecule is O=C(O)c1c[nH]c2ncc(-c3ccc(C(=O)N4CCS(=O)(=O)CC4)s3)nc12. The van der Waals surface area contributed by atoms with Crippen LogP contribution in [0.2, 0.25) is 0 Å². The largest absolute Gasteiger partial charge is 0.478 e. The topological polar surface area (TPSA) is 133 Å². The van der Waals surface area contributed by atoms with Crippen LogP contribution in [0.3, 0.4) is 0 Å². The Kier molecular flexibility index (Phi) is 4.19. The van der Waals surface area contributed by atoms with Crippen LogP contribution in [0.4, 0.5) is 0 Å². The van der Waals surface area contributed by atoms with Crippen molar-refractivity contribution in [1.82, 2.24) is 19.9 Å². The van der Waals surface area contributed by atoms with Crippen molar-refractivity contribution in [3.63, 3.8) is 0 Å². The molecule has 3 aromatic heterocycles. The summed E-state index contributed by atoms with van der Waals surface area (Å²) in [5, 5.41) is 9.21. The van der Waals surface area contributed by atoms with Crippen LogP contribution in [0.5, 0.6) is 0 Å². The number of hydrogen-bond acceptors (Lipinski definition) is 7. The van der Waals surface area contributed by atoms with Crippen LogP contribution in [0.25, 0.3) is 21.7 Å². The number of fused-ring (bicyclic) bond motifs is 1. The molecule has 0 spiro atoms. The molecule has 11 heteroatoms. The van der Waals surface area contributed by atoms with Crippen LogP contribution in [-0.4, -0.2) is 69.8 Å². The summed E-state index contributed by atoms with van der Waals surface area (Å²) in [4.78, 5) is 37.8. The first-order valence-corrected chi connectivity index (χ1v) is 10.7. The lowest BCUT2D eigenvalue weighted by Gasteiger charge is -2.26. The van der Waals surface area contributed by atoms with Gasteiger partial charge in [0.1, 0.15) is 11.1 Å². The number of carboxylic acid groups (broad SMARTS) is 1. The van der Waals surface area contributed by atoms with Crippen molar-refractivity contribution >= 4 is 44.2 Å². The Morgan fingerprint density at radius 2 is 1.96 bits per heavy atom. The fourth-order valence-electron chi connectivity index (χ4n) is 2.83. The van der Waals surface area contributed by atoms with Crippen molar-refractivity contribution < 1.29 is 23.1 Å². The predicted octanol–water partition coefficient (Wildman–Crippen LogP) is 1.26. The maximum Gasteiger partial charge on any atom is 0.339 e. The van der Waals surface area contributed by atoms with Crippen molar-refractivity contribution in [1.29, 1.82) is 0 Å². The summed E-state index contributed by atoms with van der Waals surface area (Å²) >= 11 is 1.21. The van der Waals surface area contributed by atoms with Gasteiger partial charge in [0.15, 0.2) is 15.5 Å². The molecule has 4 heterocycles. The van der Waals surface area contributed by atoms with Gasteiger partial charge in [0.05, 0.1) is 33.2 Å². The molecule has 0 saturated carbocycles. The lowest BCUT2D eigenvalue weighted by molar-refractivity contribution is 0.0697. The highest BCUT2D eigenvalue weighted by Gasteiger charge is 2.26. The van der Waals surface area contributed by atoms with Gasteiger partial charge in [-0.25, -0.2) is 23.2 Å². The standard InChI is InChI=1S/C16H14N4O5S2/c21-15(20-3-5-27(24,25)6-4-20)12-2-1-11(26-12)10-8-18-14-13(19-10)9(7-17-14)16(22)23/h1-2,7-8H,3-6H2,(H,17,18)(H,22,23). The zero-order chi connectivity index (χ0) is 19.2. The molecule has 1 saturated heterocycles. The summed E-state index contributed by atoms with van der Waals surface area (Å²) in [7, 11) is -3.06. The number of H-pyrrole nitrogens is 1. The van der Waals surface area contributed by atoms with Crippen LogP contribution in [-0.2, 0) is 9.84 Å². The molecule has 0 atom stereocenters. The van der Waals surface area contributed by atoms with Gasteiger partial charge >= 0.3 is 5.97 Å². The molecule has 27 heavy (non-hydrogen) atoms. The Bertz CT molecular complexity index is 1150. The second kappa shape index (κ2) is 6.43. The first-order chi connectivity index (χ1) is 12.8. The minimum atomic E-state index is -3.06. The molecule has 0 aliphatic carbocycles. The summed E-state index contributed by atoms with van der Waals surface area (Å²) in [6, 6.07) is 3.38. The number of rotatable bonds is 3. The lowest BCUT2D eigenvalue weighted by Crippen LogP contribution is -2.43. The molecule has 1 aliphatic heterocycles. The van der Waals surface area contributed by atoms with E-state index < -0.39 is 15.8 Å². The third-order valence-electron chi connectivity index (χ3n) is 4.31. The molecule has 1 aliphatic rings. The average molecular weight is 406 g/mol. The minimum absolute atomic E-state index is 0.0232. The van der Waals surface area contributed by atoms with E-state index in [2.05, 4.69) is 15.0 Å². The fourth-order valence-corrected chi connectivity index (χ4v) is 4.96. The molecule has 1 fully saturated rings. The number of aromatic nitrogens is 3. The van der Waals surface area contributed by atoms with Crippen molar-refractivity contribution in [2.75, 3.05) is 24.6 Å². The molecule has 9 nitrogen and oxygen atoms in total. The molecule has 3 aromatic rings. The highest BCUT2D eigenvalue weighted by molar-refractivity contribution is 7.91. The zero-order valence-corrected chi connectivity index (χ0v) is 15.5. The zero-order valence-electron chi connectivity index (χ0n) is 13.9. The number of hydrogen-bond donors (Lipinski definition) is 2. The Labute approximate surface area is 157 Å². The Balaban J connectivity index is 1.61. The van der Waals surface area contributed by atoms with Gasteiger partial charge in [-0.3, -0.25) is 4.79 Å². The second-order valence-electron chi connectivity index (χ2n) is 6.07. The third kappa shape index (κ3) is 3.30. The van der Waals surface area contributed by atoms with Gasteiger partial charge in [0.2, 0.25) is 0 Å². The van der Waals surface area contributed by atoms with E-state index in [0.29, 0.717) is 21.1 Å². The molecule has 0 bridgehead atoms. The molecule has 0 radical (unpaired) electrons. The van der Waals surface area contributed by atoms with E-state index in [-0.39, 0.29) is 41.6 Å².